The highest BCUT2D eigenvalue weighted by molar-refractivity contribution is 7.16. The van der Waals surface area contributed by atoms with Crippen LogP contribution in [0, 0.1) is 6.92 Å². The number of nitrogens with zero attached hydrogens (tertiary/aromatic N) is 3. The molecule has 3 heterocycles. The van der Waals surface area contributed by atoms with Crippen LogP contribution in [0.15, 0.2) is 22.7 Å². The first-order valence-electron chi connectivity index (χ1n) is 7.18. The van der Waals surface area contributed by atoms with Gasteiger partial charge in [-0.2, -0.15) is 0 Å². The Bertz CT molecular complexity index is 555. The molecule has 0 N–H and O–H groups in total. The SMILES string of the molecule is Cc1cnc(CN(Cc2ccc(Cl)s2)[C@@H]2CCN(C)C2)o1. The van der Waals surface area contributed by atoms with Crippen molar-refractivity contribution >= 4 is 22.9 Å². The third-order valence-corrected chi connectivity index (χ3v) is 5.09. The summed E-state index contributed by atoms with van der Waals surface area (Å²) < 4.78 is 6.50. The van der Waals surface area contributed by atoms with Crippen LogP contribution >= 0.6 is 22.9 Å². The number of hydrogen-bond acceptors (Lipinski definition) is 5. The van der Waals surface area contributed by atoms with Crippen LogP contribution in [0.5, 0.6) is 0 Å². The van der Waals surface area contributed by atoms with E-state index in [1.54, 1.807) is 17.5 Å². The van der Waals surface area contributed by atoms with E-state index in [9.17, 15) is 0 Å². The Morgan fingerprint density at radius 1 is 1.48 bits per heavy atom. The normalized spacial score (nSPS) is 19.7. The minimum absolute atomic E-state index is 0.545. The first kappa shape index (κ1) is 15.0. The van der Waals surface area contributed by atoms with Gasteiger partial charge in [0.2, 0.25) is 5.89 Å². The molecule has 6 heteroatoms. The fourth-order valence-electron chi connectivity index (χ4n) is 2.81. The average molecular weight is 326 g/mol. The number of oxazole rings is 1. The van der Waals surface area contributed by atoms with Crippen LogP contribution in [0.1, 0.15) is 22.9 Å². The molecule has 0 aliphatic carbocycles. The molecule has 0 aromatic carbocycles. The van der Waals surface area contributed by atoms with Crippen molar-refractivity contribution in [3.63, 3.8) is 0 Å². The second kappa shape index (κ2) is 6.48. The average Bonchev–Trinajstić information content (AvgIpc) is 3.12. The molecule has 0 bridgehead atoms. The quantitative estimate of drug-likeness (QED) is 0.843. The van der Waals surface area contributed by atoms with E-state index in [0.29, 0.717) is 6.04 Å². The summed E-state index contributed by atoms with van der Waals surface area (Å²) in [5.74, 6) is 1.66. The lowest BCUT2D eigenvalue weighted by Crippen LogP contribution is -2.36. The summed E-state index contributed by atoms with van der Waals surface area (Å²) in [6, 6.07) is 4.62. The van der Waals surface area contributed by atoms with E-state index in [1.807, 2.05) is 13.0 Å². The van der Waals surface area contributed by atoms with E-state index in [2.05, 4.69) is 27.9 Å². The molecule has 1 aliphatic rings. The summed E-state index contributed by atoms with van der Waals surface area (Å²) in [5.41, 5.74) is 0. The van der Waals surface area contributed by atoms with Crippen molar-refractivity contribution in [1.82, 2.24) is 14.8 Å². The molecule has 21 heavy (non-hydrogen) atoms. The Kier molecular flexibility index (Phi) is 4.64. The van der Waals surface area contributed by atoms with Gasteiger partial charge >= 0.3 is 0 Å². The summed E-state index contributed by atoms with van der Waals surface area (Å²) in [6.45, 7) is 5.83. The van der Waals surface area contributed by atoms with Gasteiger partial charge in [0.25, 0.3) is 0 Å². The maximum atomic E-state index is 6.05. The smallest absolute Gasteiger partial charge is 0.208 e. The molecule has 3 rings (SSSR count). The minimum Gasteiger partial charge on any atom is -0.445 e. The molecule has 114 valence electrons. The zero-order valence-electron chi connectivity index (χ0n) is 12.4. The molecule has 0 saturated carbocycles. The lowest BCUT2D eigenvalue weighted by Gasteiger charge is -2.27. The van der Waals surface area contributed by atoms with E-state index < -0.39 is 0 Å². The van der Waals surface area contributed by atoms with Gasteiger partial charge in [0, 0.05) is 24.0 Å². The van der Waals surface area contributed by atoms with Gasteiger partial charge in [-0.05, 0) is 39.1 Å². The van der Waals surface area contributed by atoms with Gasteiger partial charge in [-0.3, -0.25) is 4.90 Å². The number of thiophene rings is 1. The van der Waals surface area contributed by atoms with Crippen LogP contribution in [0.4, 0.5) is 0 Å². The molecule has 4 nitrogen and oxygen atoms in total. The number of aryl methyl sites for hydroxylation is 1. The van der Waals surface area contributed by atoms with Gasteiger partial charge in [0.15, 0.2) is 0 Å². The number of likely N-dealkylation sites (tertiary alicyclic amines) is 1. The molecule has 2 aromatic rings. The molecule has 1 fully saturated rings. The van der Waals surface area contributed by atoms with Crippen molar-refractivity contribution < 1.29 is 4.42 Å². The second-order valence-electron chi connectivity index (χ2n) is 5.68. The second-order valence-corrected chi connectivity index (χ2v) is 7.48. The van der Waals surface area contributed by atoms with E-state index in [1.165, 1.54) is 11.3 Å². The first-order valence-corrected chi connectivity index (χ1v) is 8.38. The Balaban J connectivity index is 1.73. The number of hydrogen-bond donors (Lipinski definition) is 0. The zero-order chi connectivity index (χ0) is 14.8. The summed E-state index contributed by atoms with van der Waals surface area (Å²) in [6.07, 6.45) is 2.98. The summed E-state index contributed by atoms with van der Waals surface area (Å²) in [5, 5.41) is 0. The topological polar surface area (TPSA) is 32.5 Å². The van der Waals surface area contributed by atoms with E-state index in [4.69, 9.17) is 16.0 Å². The third-order valence-electron chi connectivity index (χ3n) is 3.88. The van der Waals surface area contributed by atoms with Crippen LogP contribution < -0.4 is 0 Å². The third kappa shape index (κ3) is 3.86. The molecule has 1 atom stereocenters. The number of likely N-dealkylation sites (N-methyl/N-ethyl adjacent to an activating group) is 1. The van der Waals surface area contributed by atoms with Crippen molar-refractivity contribution in [3.8, 4) is 0 Å². The molecule has 0 radical (unpaired) electrons. The van der Waals surface area contributed by atoms with E-state index in [-0.39, 0.29) is 0 Å². The lowest BCUT2D eigenvalue weighted by atomic mass is 10.2. The van der Waals surface area contributed by atoms with Crippen molar-refractivity contribution in [2.45, 2.75) is 32.5 Å². The molecule has 1 aliphatic heterocycles. The van der Waals surface area contributed by atoms with Crippen LogP contribution in [0.2, 0.25) is 4.34 Å². The highest BCUT2D eigenvalue weighted by Gasteiger charge is 2.27. The molecule has 2 aromatic heterocycles. The predicted molar refractivity (Wildman–Crippen MR) is 85.7 cm³/mol. The minimum atomic E-state index is 0.545. The van der Waals surface area contributed by atoms with Crippen molar-refractivity contribution in [2.24, 2.45) is 0 Å². The van der Waals surface area contributed by atoms with Crippen LogP contribution in [-0.4, -0.2) is 41.0 Å². The summed E-state index contributed by atoms with van der Waals surface area (Å²) >= 11 is 7.70. The summed E-state index contributed by atoms with van der Waals surface area (Å²) in [7, 11) is 2.18. The Hall–Kier alpha value is -0.880. The molecule has 0 spiro atoms. The zero-order valence-corrected chi connectivity index (χ0v) is 14.0. The Labute approximate surface area is 134 Å². The van der Waals surface area contributed by atoms with Gasteiger partial charge in [-0.25, -0.2) is 4.98 Å². The van der Waals surface area contributed by atoms with Crippen molar-refractivity contribution in [2.75, 3.05) is 20.1 Å². The highest BCUT2D eigenvalue weighted by Crippen LogP contribution is 2.26. The summed E-state index contributed by atoms with van der Waals surface area (Å²) in [4.78, 5) is 10.5. The van der Waals surface area contributed by atoms with Crippen LogP contribution in [0.25, 0.3) is 0 Å². The molecule has 1 saturated heterocycles. The van der Waals surface area contributed by atoms with Crippen LogP contribution in [0.3, 0.4) is 0 Å². The number of rotatable bonds is 5. The Morgan fingerprint density at radius 2 is 2.33 bits per heavy atom. The highest BCUT2D eigenvalue weighted by atomic mass is 35.5. The maximum absolute atomic E-state index is 6.05. The van der Waals surface area contributed by atoms with Gasteiger partial charge in [0.05, 0.1) is 17.1 Å². The van der Waals surface area contributed by atoms with Gasteiger partial charge in [0.1, 0.15) is 5.76 Å². The number of halogens is 1. The number of aromatic nitrogens is 1. The predicted octanol–water partition coefficient (Wildman–Crippen LogP) is 3.40. The van der Waals surface area contributed by atoms with Crippen molar-refractivity contribution in [3.05, 3.63) is 39.2 Å². The lowest BCUT2D eigenvalue weighted by molar-refractivity contribution is 0.165. The van der Waals surface area contributed by atoms with E-state index in [0.717, 1.165) is 42.2 Å². The molecule has 0 unspecified atom stereocenters. The fourth-order valence-corrected chi connectivity index (χ4v) is 3.92. The van der Waals surface area contributed by atoms with Gasteiger partial charge in [-0.1, -0.05) is 11.6 Å². The Morgan fingerprint density at radius 3 is 2.90 bits per heavy atom. The molecule has 0 amide bonds. The first-order chi connectivity index (χ1) is 10.1. The molecular formula is C15H20ClN3OS. The van der Waals surface area contributed by atoms with Crippen LogP contribution in [-0.2, 0) is 13.1 Å². The van der Waals surface area contributed by atoms with Gasteiger partial charge in [-0.15, -0.1) is 11.3 Å². The van der Waals surface area contributed by atoms with Crippen molar-refractivity contribution in [1.29, 1.82) is 0 Å². The largest absolute Gasteiger partial charge is 0.445 e. The fraction of sp³-hybridized carbons (Fsp3) is 0.533. The van der Waals surface area contributed by atoms with E-state index >= 15 is 0 Å². The monoisotopic (exact) mass is 325 g/mol. The molecular weight excluding hydrogens is 306 g/mol. The standard InChI is InChI=1S/C15H20ClN3OS/c1-11-7-17-15(20-11)10-19(12-5-6-18(2)8-12)9-13-3-4-14(16)21-13/h3-4,7,12H,5-6,8-10H2,1-2H3/t12-/m1/s1. The maximum Gasteiger partial charge on any atom is 0.208 e. The van der Waals surface area contributed by atoms with Gasteiger partial charge < -0.3 is 9.32 Å².